The Balaban J connectivity index is 1.39. The Morgan fingerprint density at radius 1 is 1.18 bits per heavy atom. The number of aromatic nitrogens is 5. The van der Waals surface area contributed by atoms with Crippen LogP contribution in [0.2, 0.25) is 0 Å². The van der Waals surface area contributed by atoms with Crippen molar-refractivity contribution in [3.63, 3.8) is 0 Å². The Morgan fingerprint density at radius 3 is 2.82 bits per heavy atom. The molecule has 0 bridgehead atoms. The summed E-state index contributed by atoms with van der Waals surface area (Å²) in [4.78, 5) is 12.6. The number of nitrogens with one attached hydrogen (secondary N) is 2. The molecule has 3 aromatic rings. The van der Waals surface area contributed by atoms with E-state index >= 15 is 0 Å². The van der Waals surface area contributed by atoms with Crippen LogP contribution in [0.5, 0.6) is 0 Å². The molecule has 0 radical (unpaired) electrons. The summed E-state index contributed by atoms with van der Waals surface area (Å²) in [5.41, 5.74) is 1.83. The predicted octanol–water partition coefficient (Wildman–Crippen LogP) is 1.09. The Hall–Kier alpha value is -3.04. The molecule has 2 aromatic heterocycles. The van der Waals surface area contributed by atoms with E-state index in [1.165, 1.54) is 0 Å². The molecule has 1 aliphatic heterocycles. The molecule has 0 unspecified atom stereocenters. The molecule has 28 heavy (non-hydrogen) atoms. The van der Waals surface area contributed by atoms with E-state index in [1.807, 2.05) is 43.4 Å². The number of anilines is 2. The van der Waals surface area contributed by atoms with Gasteiger partial charge in [0.25, 0.3) is 0 Å². The third-order valence-corrected chi connectivity index (χ3v) is 4.83. The maximum Gasteiger partial charge on any atom is 0.224 e. The summed E-state index contributed by atoms with van der Waals surface area (Å²) >= 11 is 0. The Kier molecular flexibility index (Phi) is 5.45. The lowest BCUT2D eigenvalue weighted by Gasteiger charge is -2.17. The maximum absolute atomic E-state index is 5.69. The first-order valence-electron chi connectivity index (χ1n) is 9.25. The second-order valence-corrected chi connectivity index (χ2v) is 6.62. The molecular weight excluding hydrogens is 356 g/mol. The van der Waals surface area contributed by atoms with Crippen molar-refractivity contribution < 1.29 is 4.74 Å². The molecule has 1 aliphatic rings. The molecule has 0 amide bonds. The highest BCUT2D eigenvalue weighted by molar-refractivity contribution is 5.44. The van der Waals surface area contributed by atoms with Crippen LogP contribution in [0.15, 0.2) is 48.8 Å². The molecule has 9 heteroatoms. The fraction of sp³-hybridized carbons (Fsp3) is 0.368. The number of ether oxygens (including phenoxy) is 1. The first-order chi connectivity index (χ1) is 13.8. The lowest BCUT2D eigenvalue weighted by atomic mass is 10.2. The first kappa shape index (κ1) is 18.3. The van der Waals surface area contributed by atoms with Crippen LogP contribution in [0.25, 0.3) is 5.69 Å². The van der Waals surface area contributed by atoms with Crippen LogP contribution >= 0.6 is 0 Å². The molecule has 9 nitrogen and oxygen atoms in total. The predicted molar refractivity (Wildman–Crippen MR) is 107 cm³/mol. The van der Waals surface area contributed by atoms with Crippen molar-refractivity contribution in [2.24, 2.45) is 0 Å². The average Bonchev–Trinajstić information content (AvgIpc) is 3.40. The molecule has 0 spiro atoms. The molecular formula is C19H24N8O. The van der Waals surface area contributed by atoms with Gasteiger partial charge in [-0.25, -0.2) is 4.98 Å². The number of benzene rings is 1. The van der Waals surface area contributed by atoms with Gasteiger partial charge in [-0.3, -0.25) is 0 Å². The van der Waals surface area contributed by atoms with Crippen LogP contribution in [-0.4, -0.2) is 64.4 Å². The Labute approximate surface area is 163 Å². The van der Waals surface area contributed by atoms with Gasteiger partial charge in [-0.1, -0.05) is 18.2 Å². The fourth-order valence-corrected chi connectivity index (χ4v) is 3.34. The van der Waals surface area contributed by atoms with Gasteiger partial charge >= 0.3 is 0 Å². The summed E-state index contributed by atoms with van der Waals surface area (Å²) in [7, 11) is 3.56. The van der Waals surface area contributed by atoms with E-state index in [2.05, 4.69) is 35.7 Å². The minimum atomic E-state index is 0.0668. The highest BCUT2D eigenvalue weighted by atomic mass is 16.5. The molecule has 1 saturated heterocycles. The second kappa shape index (κ2) is 8.32. The van der Waals surface area contributed by atoms with Crippen LogP contribution in [0.4, 0.5) is 11.8 Å². The highest BCUT2D eigenvalue weighted by Crippen LogP contribution is 2.21. The molecule has 0 aliphatic carbocycles. The van der Waals surface area contributed by atoms with Gasteiger partial charge in [0.1, 0.15) is 5.82 Å². The number of hydrogen-bond acceptors (Lipinski definition) is 8. The largest absolute Gasteiger partial charge is 0.378 e. The van der Waals surface area contributed by atoms with Gasteiger partial charge in [0.05, 0.1) is 29.7 Å². The zero-order valence-corrected chi connectivity index (χ0v) is 16.0. The van der Waals surface area contributed by atoms with Gasteiger partial charge in [0.15, 0.2) is 0 Å². The SMILES string of the molecule is CNc1nccc(N2C[C@H](OC)[C@H](NCc3cnn(-c4ccccc4)n3)C2)n1. The van der Waals surface area contributed by atoms with Gasteiger partial charge < -0.3 is 20.3 Å². The van der Waals surface area contributed by atoms with Gasteiger partial charge in [0.2, 0.25) is 5.95 Å². The summed E-state index contributed by atoms with van der Waals surface area (Å²) in [6.45, 7) is 2.19. The fourth-order valence-electron chi connectivity index (χ4n) is 3.34. The van der Waals surface area contributed by atoms with Crippen molar-refractivity contribution in [2.75, 3.05) is 37.5 Å². The van der Waals surface area contributed by atoms with Gasteiger partial charge in [-0.2, -0.15) is 20.0 Å². The second-order valence-electron chi connectivity index (χ2n) is 6.62. The molecule has 2 atom stereocenters. The molecule has 0 saturated carbocycles. The summed E-state index contributed by atoms with van der Waals surface area (Å²) < 4.78 is 5.69. The van der Waals surface area contributed by atoms with Gasteiger partial charge in [-0.05, 0) is 18.2 Å². The van der Waals surface area contributed by atoms with E-state index in [0.29, 0.717) is 12.5 Å². The van der Waals surface area contributed by atoms with Crippen LogP contribution in [0, 0.1) is 0 Å². The number of rotatable bonds is 7. The summed E-state index contributed by atoms with van der Waals surface area (Å²) in [6, 6.07) is 12.0. The number of hydrogen-bond donors (Lipinski definition) is 2. The van der Waals surface area contributed by atoms with Crippen LogP contribution in [-0.2, 0) is 11.3 Å². The standard InChI is InChI=1S/C19H24N8O/c1-20-19-21-9-8-18(24-19)26-12-16(17(13-26)28-2)22-10-14-11-23-27(25-14)15-6-4-3-5-7-15/h3-9,11,16-17,22H,10,12-13H2,1-2H3,(H,20,21,24)/t16-,17+/m1/s1. The van der Waals surface area contributed by atoms with E-state index in [9.17, 15) is 0 Å². The van der Waals surface area contributed by atoms with E-state index in [0.717, 1.165) is 30.3 Å². The molecule has 2 N–H and O–H groups in total. The monoisotopic (exact) mass is 380 g/mol. The third kappa shape index (κ3) is 3.95. The Bertz CT molecular complexity index is 900. The van der Waals surface area contributed by atoms with E-state index in [-0.39, 0.29) is 12.1 Å². The molecule has 146 valence electrons. The van der Waals surface area contributed by atoms with Crippen molar-refractivity contribution in [3.05, 3.63) is 54.5 Å². The van der Waals surface area contributed by atoms with E-state index in [4.69, 9.17) is 4.74 Å². The zero-order valence-electron chi connectivity index (χ0n) is 16.0. The van der Waals surface area contributed by atoms with Crippen molar-refractivity contribution in [1.82, 2.24) is 30.3 Å². The zero-order chi connectivity index (χ0) is 19.3. The normalized spacial score (nSPS) is 19.1. The Morgan fingerprint density at radius 2 is 2.04 bits per heavy atom. The van der Waals surface area contributed by atoms with Crippen LogP contribution in [0.3, 0.4) is 0 Å². The highest BCUT2D eigenvalue weighted by Gasteiger charge is 2.33. The number of methoxy groups -OCH3 is 1. The summed E-state index contributed by atoms with van der Waals surface area (Å²) in [5, 5.41) is 15.4. The minimum absolute atomic E-state index is 0.0668. The van der Waals surface area contributed by atoms with E-state index < -0.39 is 0 Å². The maximum atomic E-state index is 5.69. The smallest absolute Gasteiger partial charge is 0.224 e. The molecule has 1 aromatic carbocycles. The topological polar surface area (TPSA) is 93.0 Å². The van der Waals surface area contributed by atoms with Crippen molar-refractivity contribution in [1.29, 1.82) is 0 Å². The average molecular weight is 380 g/mol. The third-order valence-electron chi connectivity index (χ3n) is 4.83. The van der Waals surface area contributed by atoms with Crippen molar-refractivity contribution in [2.45, 2.75) is 18.7 Å². The lowest BCUT2D eigenvalue weighted by Crippen LogP contribution is -2.39. The first-order valence-corrected chi connectivity index (χ1v) is 9.25. The molecule has 1 fully saturated rings. The minimum Gasteiger partial charge on any atom is -0.378 e. The van der Waals surface area contributed by atoms with Crippen molar-refractivity contribution >= 4 is 11.8 Å². The molecule has 4 rings (SSSR count). The van der Waals surface area contributed by atoms with Gasteiger partial charge in [-0.15, -0.1) is 0 Å². The number of para-hydroxylation sites is 1. The summed E-state index contributed by atoms with van der Waals surface area (Å²) in [5.74, 6) is 1.50. The summed E-state index contributed by atoms with van der Waals surface area (Å²) in [6.07, 6.45) is 3.62. The molecule has 3 heterocycles. The van der Waals surface area contributed by atoms with Crippen LogP contribution < -0.4 is 15.5 Å². The quantitative estimate of drug-likeness (QED) is 0.629. The van der Waals surface area contributed by atoms with Crippen LogP contribution in [0.1, 0.15) is 5.69 Å². The van der Waals surface area contributed by atoms with Gasteiger partial charge in [0, 0.05) is 40.0 Å². The number of nitrogens with zero attached hydrogens (tertiary/aromatic N) is 6. The van der Waals surface area contributed by atoms with E-state index in [1.54, 1.807) is 24.3 Å². The van der Waals surface area contributed by atoms with Crippen molar-refractivity contribution in [3.8, 4) is 5.69 Å². The lowest BCUT2D eigenvalue weighted by molar-refractivity contribution is 0.0965.